The number of aliphatic hydroxyl groups excluding tert-OH is 1. The molecule has 1 heterocycles. The molecule has 1 atom stereocenters. The molecule has 0 radical (unpaired) electrons. The fourth-order valence-electron chi connectivity index (χ4n) is 3.59. The van der Waals surface area contributed by atoms with Gasteiger partial charge in [-0.25, -0.2) is 0 Å². The van der Waals surface area contributed by atoms with Crippen molar-refractivity contribution in [1.29, 1.82) is 0 Å². The Balaban J connectivity index is 2.10. The summed E-state index contributed by atoms with van der Waals surface area (Å²) in [7, 11) is 5.46. The minimum absolute atomic E-state index is 0.0698. The molecule has 158 valence electrons. The lowest BCUT2D eigenvalue weighted by Gasteiger charge is -2.26. The van der Waals surface area contributed by atoms with E-state index in [1.807, 2.05) is 25.1 Å². The van der Waals surface area contributed by atoms with Crippen LogP contribution in [0.2, 0.25) is 5.02 Å². The van der Waals surface area contributed by atoms with Gasteiger partial charge in [0.2, 0.25) is 0 Å². The van der Waals surface area contributed by atoms with Crippen LogP contribution in [0.4, 0.5) is 0 Å². The van der Waals surface area contributed by atoms with Crippen LogP contribution in [0.5, 0.6) is 5.75 Å². The average molecular weight is 429 g/mol. The molecular weight excluding hydrogens is 404 g/mol. The lowest BCUT2D eigenvalue weighted by atomic mass is 9.95. The van der Waals surface area contributed by atoms with Gasteiger partial charge >= 0.3 is 0 Å². The third-order valence-electron chi connectivity index (χ3n) is 5.07. The number of Topliss-reactive ketones (excluding diaryl/α,β-unsaturated/α-hetero) is 1. The van der Waals surface area contributed by atoms with Gasteiger partial charge in [-0.3, -0.25) is 9.59 Å². The Bertz CT molecular complexity index is 969. The zero-order valence-corrected chi connectivity index (χ0v) is 18.0. The molecular formula is C23H25ClN2O4. The van der Waals surface area contributed by atoms with Crippen LogP contribution in [0.3, 0.4) is 0 Å². The lowest BCUT2D eigenvalue weighted by Crippen LogP contribution is -2.32. The zero-order valence-electron chi connectivity index (χ0n) is 17.3. The van der Waals surface area contributed by atoms with Gasteiger partial charge in [0.05, 0.1) is 18.7 Å². The molecule has 1 unspecified atom stereocenters. The summed E-state index contributed by atoms with van der Waals surface area (Å²) in [5.74, 6) is -0.914. The number of ketones is 1. The quantitative estimate of drug-likeness (QED) is 0.413. The first-order chi connectivity index (χ1) is 14.3. The number of aliphatic hydroxyl groups is 1. The smallest absolute Gasteiger partial charge is 0.295 e. The lowest BCUT2D eigenvalue weighted by molar-refractivity contribution is -0.139. The predicted molar refractivity (Wildman–Crippen MR) is 117 cm³/mol. The summed E-state index contributed by atoms with van der Waals surface area (Å²) in [6.45, 7) is 1.16. The Labute approximate surface area is 181 Å². The van der Waals surface area contributed by atoms with Crippen molar-refractivity contribution in [2.24, 2.45) is 0 Å². The van der Waals surface area contributed by atoms with E-state index in [1.54, 1.807) is 49.6 Å². The number of ether oxygens (including phenoxy) is 1. The van der Waals surface area contributed by atoms with Crippen molar-refractivity contribution in [3.63, 3.8) is 0 Å². The number of halogens is 1. The summed E-state index contributed by atoms with van der Waals surface area (Å²) < 4.78 is 5.32. The molecule has 3 rings (SSSR count). The molecule has 1 aliphatic rings. The SMILES string of the molecule is COc1cccc(C2C(=C(O)c3ccc(Cl)cc3)C(=O)C(=O)N2CCCN(C)C)c1. The summed E-state index contributed by atoms with van der Waals surface area (Å²) in [5.41, 5.74) is 1.20. The maximum atomic E-state index is 13.0. The fraction of sp³-hybridized carbons (Fsp3) is 0.304. The minimum Gasteiger partial charge on any atom is -0.507 e. The number of carbonyl (C=O) groups is 2. The monoisotopic (exact) mass is 428 g/mol. The molecule has 30 heavy (non-hydrogen) atoms. The van der Waals surface area contributed by atoms with E-state index in [-0.39, 0.29) is 11.3 Å². The molecule has 0 spiro atoms. The number of hydrogen-bond donors (Lipinski definition) is 1. The second kappa shape index (κ2) is 9.32. The van der Waals surface area contributed by atoms with Gasteiger partial charge in [-0.2, -0.15) is 0 Å². The summed E-state index contributed by atoms with van der Waals surface area (Å²) in [6, 6.07) is 13.0. The highest BCUT2D eigenvalue weighted by Gasteiger charge is 2.45. The van der Waals surface area contributed by atoms with Gasteiger partial charge < -0.3 is 19.6 Å². The van der Waals surface area contributed by atoms with Gasteiger partial charge in [-0.05, 0) is 69.0 Å². The van der Waals surface area contributed by atoms with Crippen LogP contribution in [0.25, 0.3) is 5.76 Å². The van der Waals surface area contributed by atoms with E-state index in [4.69, 9.17) is 16.3 Å². The second-order valence-corrected chi connectivity index (χ2v) is 7.87. The molecule has 1 N–H and O–H groups in total. The maximum Gasteiger partial charge on any atom is 0.295 e. The van der Waals surface area contributed by atoms with E-state index >= 15 is 0 Å². The van der Waals surface area contributed by atoms with E-state index in [0.29, 0.717) is 34.9 Å². The van der Waals surface area contributed by atoms with Crippen molar-refractivity contribution < 1.29 is 19.4 Å². The van der Waals surface area contributed by atoms with Gasteiger partial charge in [-0.15, -0.1) is 0 Å². The average Bonchev–Trinajstić information content (AvgIpc) is 2.98. The maximum absolute atomic E-state index is 13.0. The first-order valence-electron chi connectivity index (χ1n) is 9.66. The molecule has 0 aromatic heterocycles. The third-order valence-corrected chi connectivity index (χ3v) is 5.32. The number of rotatable bonds is 7. The summed E-state index contributed by atoms with van der Waals surface area (Å²) in [6.07, 6.45) is 0.696. The summed E-state index contributed by atoms with van der Waals surface area (Å²) in [5, 5.41) is 11.5. The number of nitrogens with zero attached hydrogens (tertiary/aromatic N) is 2. The third kappa shape index (κ3) is 4.50. The van der Waals surface area contributed by atoms with Crippen molar-refractivity contribution in [3.8, 4) is 5.75 Å². The van der Waals surface area contributed by atoms with Crippen molar-refractivity contribution in [1.82, 2.24) is 9.80 Å². The van der Waals surface area contributed by atoms with Gasteiger partial charge in [-0.1, -0.05) is 23.7 Å². The number of carbonyl (C=O) groups excluding carboxylic acids is 2. The molecule has 0 bridgehead atoms. The Hall–Kier alpha value is -2.83. The molecule has 6 nitrogen and oxygen atoms in total. The van der Waals surface area contributed by atoms with Gasteiger partial charge in [0.25, 0.3) is 11.7 Å². The number of benzene rings is 2. The molecule has 2 aromatic rings. The van der Waals surface area contributed by atoms with Crippen LogP contribution in [0, 0.1) is 0 Å². The van der Waals surface area contributed by atoms with E-state index in [1.165, 1.54) is 4.90 Å². The van der Waals surface area contributed by atoms with E-state index in [0.717, 1.165) is 6.54 Å². The van der Waals surface area contributed by atoms with Gasteiger partial charge in [0.1, 0.15) is 11.5 Å². The number of amides is 1. The zero-order chi connectivity index (χ0) is 21.8. The van der Waals surface area contributed by atoms with E-state index < -0.39 is 17.7 Å². The predicted octanol–water partition coefficient (Wildman–Crippen LogP) is 3.72. The normalized spacial score (nSPS) is 18.3. The summed E-state index contributed by atoms with van der Waals surface area (Å²) >= 11 is 5.95. The molecule has 0 saturated carbocycles. The fourth-order valence-corrected chi connectivity index (χ4v) is 3.72. The van der Waals surface area contributed by atoms with Crippen LogP contribution in [0.15, 0.2) is 54.1 Å². The molecule has 0 aliphatic carbocycles. The van der Waals surface area contributed by atoms with Crippen molar-refractivity contribution in [2.75, 3.05) is 34.3 Å². The standard InChI is InChI=1S/C23H25ClN2O4/c1-25(2)12-5-13-26-20(16-6-4-7-18(14-16)30-3)19(22(28)23(26)29)21(27)15-8-10-17(24)11-9-15/h4,6-11,14,20,27H,5,12-13H2,1-3H3. The van der Waals surface area contributed by atoms with Crippen LogP contribution in [-0.2, 0) is 9.59 Å². The Kier molecular flexibility index (Phi) is 6.80. The number of methoxy groups -OCH3 is 1. The van der Waals surface area contributed by atoms with Crippen LogP contribution < -0.4 is 4.74 Å². The molecule has 1 fully saturated rings. The topological polar surface area (TPSA) is 70.1 Å². The van der Waals surface area contributed by atoms with Crippen molar-refractivity contribution in [2.45, 2.75) is 12.5 Å². The van der Waals surface area contributed by atoms with Crippen LogP contribution in [-0.4, -0.2) is 60.9 Å². The molecule has 1 aliphatic heterocycles. The molecule has 7 heteroatoms. The first kappa shape index (κ1) is 21.9. The second-order valence-electron chi connectivity index (χ2n) is 7.43. The number of hydrogen-bond acceptors (Lipinski definition) is 5. The Morgan fingerprint density at radius 3 is 2.50 bits per heavy atom. The highest BCUT2D eigenvalue weighted by Crippen LogP contribution is 2.40. The summed E-state index contributed by atoms with van der Waals surface area (Å²) in [4.78, 5) is 29.4. The molecule has 1 amide bonds. The highest BCUT2D eigenvalue weighted by molar-refractivity contribution is 6.46. The first-order valence-corrected chi connectivity index (χ1v) is 10.0. The molecule has 1 saturated heterocycles. The van der Waals surface area contributed by atoms with Gasteiger partial charge in [0.15, 0.2) is 0 Å². The minimum atomic E-state index is -0.696. The molecule has 2 aromatic carbocycles. The van der Waals surface area contributed by atoms with Crippen molar-refractivity contribution >= 4 is 29.1 Å². The largest absolute Gasteiger partial charge is 0.507 e. The van der Waals surface area contributed by atoms with Crippen LogP contribution in [0.1, 0.15) is 23.6 Å². The van der Waals surface area contributed by atoms with E-state index in [9.17, 15) is 14.7 Å². The van der Waals surface area contributed by atoms with E-state index in [2.05, 4.69) is 0 Å². The Morgan fingerprint density at radius 1 is 1.17 bits per heavy atom. The van der Waals surface area contributed by atoms with Crippen LogP contribution >= 0.6 is 11.6 Å². The Morgan fingerprint density at radius 2 is 1.87 bits per heavy atom. The number of likely N-dealkylation sites (tertiary alicyclic amines) is 1. The van der Waals surface area contributed by atoms with Crippen molar-refractivity contribution in [3.05, 3.63) is 70.3 Å². The van der Waals surface area contributed by atoms with Gasteiger partial charge in [0, 0.05) is 17.1 Å². The highest BCUT2D eigenvalue weighted by atomic mass is 35.5.